The highest BCUT2D eigenvalue weighted by Crippen LogP contribution is 2.76. The van der Waals surface area contributed by atoms with Gasteiger partial charge in [-0.3, -0.25) is 14.4 Å². The molecule has 7 heteroatoms. The van der Waals surface area contributed by atoms with Crippen LogP contribution in [0.2, 0.25) is 0 Å². The molecule has 0 amide bonds. The number of esters is 1. The molecule has 0 aromatic heterocycles. The molecule has 1 saturated heterocycles. The maximum Gasteiger partial charge on any atom is 0.303 e. The average Bonchev–Trinajstić information content (AvgIpc) is 3.36. The molecule has 1 aliphatic heterocycles. The Morgan fingerprint density at radius 3 is 2.51 bits per heavy atom. The first kappa shape index (κ1) is 28.7. The average molecular weight is 544 g/mol. The molecule has 0 radical (unpaired) electrons. The van der Waals surface area contributed by atoms with Crippen molar-refractivity contribution in [2.45, 2.75) is 85.9 Å². The van der Waals surface area contributed by atoms with Gasteiger partial charge in [0, 0.05) is 37.4 Å². The summed E-state index contributed by atoms with van der Waals surface area (Å²) in [5, 5.41) is 12.1. The van der Waals surface area contributed by atoms with Gasteiger partial charge in [0.2, 0.25) is 0 Å². The normalized spacial score (nSPS) is 44.9. The van der Waals surface area contributed by atoms with Gasteiger partial charge in [0.25, 0.3) is 0 Å². The quantitative estimate of drug-likeness (QED) is 0.469. The number of nitrogens with zero attached hydrogens (tertiary/aromatic N) is 1. The second-order valence-corrected chi connectivity index (χ2v) is 13.9. The molecular weight excluding hydrogens is 497 g/mol. The van der Waals surface area contributed by atoms with Gasteiger partial charge in [0.15, 0.2) is 18.2 Å². The zero-order valence-corrected chi connectivity index (χ0v) is 24.5. The van der Waals surface area contributed by atoms with Crippen molar-refractivity contribution in [1.82, 2.24) is 4.90 Å². The molecule has 5 rings (SSSR count). The molecule has 1 N–H and O–H groups in total. The van der Waals surface area contributed by atoms with Gasteiger partial charge in [-0.05, 0) is 66.1 Å². The number of likely N-dealkylation sites (tertiary alicyclic amines) is 1. The second kappa shape index (κ2) is 9.61. The van der Waals surface area contributed by atoms with Gasteiger partial charge in [-0.2, -0.15) is 0 Å². The van der Waals surface area contributed by atoms with Gasteiger partial charge >= 0.3 is 5.97 Å². The van der Waals surface area contributed by atoms with E-state index in [1.54, 1.807) is 0 Å². The second-order valence-electron chi connectivity index (χ2n) is 13.9. The van der Waals surface area contributed by atoms with Crippen LogP contribution in [0, 0.1) is 45.3 Å². The summed E-state index contributed by atoms with van der Waals surface area (Å²) >= 11 is 0. The number of allylic oxidation sites excluding steroid dienone is 4. The molecule has 0 aromatic rings. The van der Waals surface area contributed by atoms with Crippen LogP contribution >= 0.6 is 0 Å². The minimum Gasteiger partial charge on any atom is -0.458 e. The first-order chi connectivity index (χ1) is 18.3. The van der Waals surface area contributed by atoms with Crippen LogP contribution in [0.4, 0.5) is 4.39 Å². The van der Waals surface area contributed by atoms with Crippen molar-refractivity contribution in [3.63, 3.8) is 0 Å². The molecule has 1 heterocycles. The van der Waals surface area contributed by atoms with E-state index in [2.05, 4.69) is 32.6 Å². The summed E-state index contributed by atoms with van der Waals surface area (Å²) in [5.74, 6) is -0.246. The predicted molar refractivity (Wildman–Crippen MR) is 146 cm³/mol. The number of carbonyl (C=O) groups is 3. The number of rotatable bonds is 7. The van der Waals surface area contributed by atoms with Crippen LogP contribution in [0.25, 0.3) is 0 Å². The topological polar surface area (TPSA) is 83.9 Å². The van der Waals surface area contributed by atoms with Crippen molar-refractivity contribution >= 4 is 17.5 Å². The summed E-state index contributed by atoms with van der Waals surface area (Å²) in [4.78, 5) is 40.6. The van der Waals surface area contributed by atoms with Crippen LogP contribution in [0.5, 0.6) is 0 Å². The molecule has 216 valence electrons. The van der Waals surface area contributed by atoms with E-state index in [1.165, 1.54) is 19.1 Å². The largest absolute Gasteiger partial charge is 0.458 e. The fourth-order valence-corrected chi connectivity index (χ4v) is 10.1. The molecular formula is C32H46FNO5. The van der Waals surface area contributed by atoms with Crippen molar-refractivity contribution in [3.8, 4) is 0 Å². The Bertz CT molecular complexity index is 1110. The first-order valence-electron chi connectivity index (χ1n) is 14.9. The SMILES string of the molecule is CCC(CC)CN1CC2CC3C4CC(F)C5=CC(=O)C=CC5(C)C4(C)C(O)CC3(C)C2(C(=O)COC(C)=O)C1. The summed E-state index contributed by atoms with van der Waals surface area (Å²) in [6, 6.07) is 0. The number of carbonyl (C=O) groups excluding carboxylic acids is 3. The number of Topliss-reactive ketones (excluding diaryl/α,β-unsaturated/α-hetero) is 1. The smallest absolute Gasteiger partial charge is 0.303 e. The third-order valence-electron chi connectivity index (χ3n) is 12.6. The third-order valence-corrected chi connectivity index (χ3v) is 12.6. The summed E-state index contributed by atoms with van der Waals surface area (Å²) in [6.45, 7) is 14.0. The lowest BCUT2D eigenvalue weighted by Gasteiger charge is -2.66. The van der Waals surface area contributed by atoms with E-state index < -0.39 is 39.9 Å². The van der Waals surface area contributed by atoms with Crippen LogP contribution in [-0.4, -0.2) is 66.1 Å². The Kier molecular flexibility index (Phi) is 7.06. The number of aliphatic hydroxyl groups excluding tert-OH is 1. The monoisotopic (exact) mass is 543 g/mol. The molecule has 4 aliphatic carbocycles. The van der Waals surface area contributed by atoms with Crippen molar-refractivity contribution in [2.24, 2.45) is 45.3 Å². The number of halogens is 1. The van der Waals surface area contributed by atoms with Crippen molar-refractivity contribution in [3.05, 3.63) is 23.8 Å². The summed E-state index contributed by atoms with van der Waals surface area (Å²) < 4.78 is 21.2. The Morgan fingerprint density at radius 2 is 1.87 bits per heavy atom. The van der Waals surface area contributed by atoms with Crippen molar-refractivity contribution in [2.75, 3.05) is 26.2 Å². The molecule has 3 saturated carbocycles. The molecule has 0 bridgehead atoms. The van der Waals surface area contributed by atoms with Crippen LogP contribution in [0.3, 0.4) is 0 Å². The lowest BCUT2D eigenvalue weighted by atomic mass is 9.38. The molecule has 39 heavy (non-hydrogen) atoms. The van der Waals surface area contributed by atoms with Crippen LogP contribution < -0.4 is 0 Å². The molecule has 0 spiro atoms. The van der Waals surface area contributed by atoms with Gasteiger partial charge in [-0.1, -0.05) is 53.5 Å². The molecule has 0 aromatic carbocycles. The molecule has 6 nitrogen and oxygen atoms in total. The third kappa shape index (κ3) is 3.81. The minimum absolute atomic E-state index is 0.0372. The maximum absolute atomic E-state index is 16.0. The highest BCUT2D eigenvalue weighted by molar-refractivity contribution is 6.01. The standard InChI is InChI=1S/C32H46FNO5/c1-7-20(8-2)15-34-16-21-11-23-24-13-26(33)25-12-22(36)9-10-29(25,4)31(24,6)27(37)14-30(23,5)32(21,18-34)28(38)17-39-19(3)35/h9-10,12,20-21,23-24,26-27,37H,7-8,11,13-18H2,1-6H3. The highest BCUT2D eigenvalue weighted by Gasteiger charge is 2.76. The predicted octanol–water partition coefficient (Wildman–Crippen LogP) is 4.70. The Labute approximate surface area is 232 Å². The van der Waals surface area contributed by atoms with Crippen LogP contribution in [0.15, 0.2) is 23.8 Å². The zero-order valence-electron chi connectivity index (χ0n) is 24.5. The molecule has 4 fully saturated rings. The van der Waals surface area contributed by atoms with Gasteiger partial charge in [0.05, 0.1) is 11.5 Å². The summed E-state index contributed by atoms with van der Waals surface area (Å²) in [7, 11) is 0. The number of hydrogen-bond donors (Lipinski definition) is 1. The van der Waals surface area contributed by atoms with Crippen molar-refractivity contribution in [1.29, 1.82) is 0 Å². The van der Waals surface area contributed by atoms with E-state index in [4.69, 9.17) is 4.74 Å². The highest BCUT2D eigenvalue weighted by atomic mass is 19.1. The van der Waals surface area contributed by atoms with E-state index in [9.17, 15) is 19.5 Å². The minimum atomic E-state index is -1.27. The van der Waals surface area contributed by atoms with Gasteiger partial charge in [0.1, 0.15) is 6.17 Å². The summed E-state index contributed by atoms with van der Waals surface area (Å²) in [6.07, 6.45) is 6.35. The van der Waals surface area contributed by atoms with Gasteiger partial charge in [-0.15, -0.1) is 0 Å². The molecule has 9 unspecified atom stereocenters. The number of ketones is 2. The van der Waals surface area contributed by atoms with E-state index in [1.807, 2.05) is 13.0 Å². The number of ether oxygens (including phenoxy) is 1. The van der Waals surface area contributed by atoms with E-state index in [0.717, 1.165) is 32.4 Å². The number of aliphatic hydroxyl groups is 1. The fourth-order valence-electron chi connectivity index (χ4n) is 10.1. The van der Waals surface area contributed by atoms with E-state index in [0.29, 0.717) is 24.5 Å². The van der Waals surface area contributed by atoms with Gasteiger partial charge in [-0.25, -0.2) is 4.39 Å². The first-order valence-corrected chi connectivity index (χ1v) is 14.9. The number of alkyl halides is 1. The van der Waals surface area contributed by atoms with Crippen molar-refractivity contribution < 1.29 is 28.6 Å². The Morgan fingerprint density at radius 1 is 1.18 bits per heavy atom. The Hall–Kier alpha value is -1.86. The maximum atomic E-state index is 16.0. The fraction of sp³-hybridized carbons (Fsp3) is 0.781. The van der Waals surface area contributed by atoms with Crippen LogP contribution in [-0.2, 0) is 19.1 Å². The lowest BCUT2D eigenvalue weighted by Crippen LogP contribution is -2.66. The Balaban J connectivity index is 1.57. The molecule has 9 atom stereocenters. The molecule has 5 aliphatic rings. The summed E-state index contributed by atoms with van der Waals surface area (Å²) in [5.41, 5.74) is -2.30. The van der Waals surface area contributed by atoms with Crippen LogP contribution in [0.1, 0.15) is 73.6 Å². The van der Waals surface area contributed by atoms with E-state index in [-0.39, 0.29) is 42.3 Å². The number of fused-ring (bicyclic) bond motifs is 7. The lowest BCUT2D eigenvalue weighted by molar-refractivity contribution is -0.198. The van der Waals surface area contributed by atoms with E-state index >= 15 is 4.39 Å². The number of hydrogen-bond acceptors (Lipinski definition) is 6. The zero-order chi connectivity index (χ0) is 28.5. The van der Waals surface area contributed by atoms with Gasteiger partial charge < -0.3 is 14.7 Å².